The van der Waals surface area contributed by atoms with Crippen molar-refractivity contribution >= 4 is 5.91 Å². The minimum absolute atomic E-state index is 0.000335. The summed E-state index contributed by atoms with van der Waals surface area (Å²) >= 11 is 0. The normalized spacial score (nSPS) is 16.0. The van der Waals surface area contributed by atoms with Crippen LogP contribution in [0.5, 0.6) is 5.75 Å². The molecular formula is C19H28F3N3O2. The van der Waals surface area contributed by atoms with E-state index in [0.717, 1.165) is 19.6 Å². The van der Waals surface area contributed by atoms with Gasteiger partial charge < -0.3 is 9.64 Å². The maximum atomic E-state index is 12.5. The fraction of sp³-hybridized carbons (Fsp3) is 0.632. The zero-order valence-electron chi connectivity index (χ0n) is 16.0. The number of nitrogens with zero attached hydrogens (tertiary/aromatic N) is 3. The lowest BCUT2D eigenvalue weighted by atomic mass is 10.1. The number of hydrogen-bond acceptors (Lipinski definition) is 4. The highest BCUT2D eigenvalue weighted by Crippen LogP contribution is 2.17. The molecule has 1 aromatic carbocycles. The number of carbonyl (C=O) groups is 1. The summed E-state index contributed by atoms with van der Waals surface area (Å²) in [4.78, 5) is 18.0. The van der Waals surface area contributed by atoms with E-state index >= 15 is 0 Å². The van der Waals surface area contributed by atoms with Gasteiger partial charge in [-0.25, -0.2) is 0 Å². The summed E-state index contributed by atoms with van der Waals surface area (Å²) in [6, 6.07) is 7.05. The Hall–Kier alpha value is -1.80. The van der Waals surface area contributed by atoms with Crippen molar-refractivity contribution in [2.45, 2.75) is 19.5 Å². The molecule has 0 saturated carbocycles. The third-order valence-corrected chi connectivity index (χ3v) is 4.80. The van der Waals surface area contributed by atoms with Gasteiger partial charge >= 0.3 is 6.18 Å². The molecular weight excluding hydrogens is 359 g/mol. The Kier molecular flexibility index (Phi) is 7.91. The van der Waals surface area contributed by atoms with E-state index < -0.39 is 12.7 Å². The first-order valence-corrected chi connectivity index (χ1v) is 9.27. The number of alkyl halides is 3. The third kappa shape index (κ3) is 7.03. The van der Waals surface area contributed by atoms with Crippen LogP contribution in [-0.4, -0.2) is 86.3 Å². The van der Waals surface area contributed by atoms with Crippen molar-refractivity contribution in [3.05, 3.63) is 29.8 Å². The van der Waals surface area contributed by atoms with Crippen molar-refractivity contribution in [3.63, 3.8) is 0 Å². The van der Waals surface area contributed by atoms with Crippen LogP contribution in [0.15, 0.2) is 24.3 Å². The standard InChI is InChI=1S/C19H28F3N3O2/c1-3-23(15-19(20,21)22)9-4-10-24-11-13-25(14-12-24)18(26)16-5-7-17(27-2)8-6-16/h5-8H,3-4,9-15H2,1-2H3. The van der Waals surface area contributed by atoms with Gasteiger partial charge in [-0.15, -0.1) is 0 Å². The van der Waals surface area contributed by atoms with Crippen molar-refractivity contribution < 1.29 is 22.7 Å². The van der Waals surface area contributed by atoms with Gasteiger partial charge in [0.05, 0.1) is 13.7 Å². The Bertz CT molecular complexity index is 585. The molecule has 1 aromatic rings. The molecule has 0 bridgehead atoms. The molecule has 152 valence electrons. The number of halogens is 3. The highest BCUT2D eigenvalue weighted by molar-refractivity contribution is 5.94. The molecule has 8 heteroatoms. The monoisotopic (exact) mass is 387 g/mol. The summed E-state index contributed by atoms with van der Waals surface area (Å²) in [5, 5.41) is 0. The van der Waals surface area contributed by atoms with Gasteiger partial charge in [0, 0.05) is 31.7 Å². The van der Waals surface area contributed by atoms with E-state index in [9.17, 15) is 18.0 Å². The van der Waals surface area contributed by atoms with Crippen LogP contribution in [0.1, 0.15) is 23.7 Å². The van der Waals surface area contributed by atoms with Gasteiger partial charge in [0.2, 0.25) is 0 Å². The van der Waals surface area contributed by atoms with Crippen molar-refractivity contribution in [3.8, 4) is 5.75 Å². The SMILES string of the molecule is CCN(CCCN1CCN(C(=O)c2ccc(OC)cc2)CC1)CC(F)(F)F. The summed E-state index contributed by atoms with van der Waals surface area (Å²) in [5.41, 5.74) is 0.634. The average molecular weight is 387 g/mol. The molecule has 0 radical (unpaired) electrons. The van der Waals surface area contributed by atoms with E-state index in [1.54, 1.807) is 38.3 Å². The van der Waals surface area contributed by atoms with Gasteiger partial charge in [-0.2, -0.15) is 13.2 Å². The second kappa shape index (κ2) is 9.94. The molecule has 1 fully saturated rings. The zero-order chi connectivity index (χ0) is 19.9. The lowest BCUT2D eigenvalue weighted by molar-refractivity contribution is -0.145. The van der Waals surface area contributed by atoms with Crippen LogP contribution >= 0.6 is 0 Å². The second-order valence-corrected chi connectivity index (χ2v) is 6.70. The number of carbonyl (C=O) groups excluding carboxylic acids is 1. The maximum absolute atomic E-state index is 12.5. The minimum atomic E-state index is -4.15. The molecule has 0 aliphatic carbocycles. The second-order valence-electron chi connectivity index (χ2n) is 6.70. The van der Waals surface area contributed by atoms with Gasteiger partial charge in [-0.05, 0) is 50.3 Å². The summed E-state index contributed by atoms with van der Waals surface area (Å²) < 4.78 is 42.5. The van der Waals surface area contributed by atoms with E-state index in [-0.39, 0.29) is 5.91 Å². The molecule has 2 rings (SSSR count). The molecule has 1 amide bonds. The predicted molar refractivity (Wildman–Crippen MR) is 98.1 cm³/mol. The molecule has 1 heterocycles. The molecule has 0 atom stereocenters. The molecule has 0 unspecified atom stereocenters. The molecule has 1 saturated heterocycles. The van der Waals surface area contributed by atoms with E-state index in [1.165, 1.54) is 4.90 Å². The van der Waals surface area contributed by atoms with Crippen molar-refractivity contribution in [2.75, 3.05) is 59.5 Å². The Morgan fingerprint density at radius 2 is 1.78 bits per heavy atom. The number of hydrogen-bond donors (Lipinski definition) is 0. The predicted octanol–water partition coefficient (Wildman–Crippen LogP) is 2.73. The number of amides is 1. The van der Waals surface area contributed by atoms with E-state index in [1.807, 2.05) is 4.90 Å². The highest BCUT2D eigenvalue weighted by atomic mass is 19.4. The molecule has 1 aliphatic heterocycles. The van der Waals surface area contributed by atoms with Crippen molar-refractivity contribution in [1.82, 2.24) is 14.7 Å². The smallest absolute Gasteiger partial charge is 0.401 e. The lowest BCUT2D eigenvalue weighted by Gasteiger charge is -2.35. The van der Waals surface area contributed by atoms with Crippen LogP contribution in [0.2, 0.25) is 0 Å². The van der Waals surface area contributed by atoms with E-state index in [4.69, 9.17) is 4.74 Å². The molecule has 27 heavy (non-hydrogen) atoms. The van der Waals surface area contributed by atoms with E-state index in [2.05, 4.69) is 4.90 Å². The van der Waals surface area contributed by atoms with Gasteiger partial charge in [-0.3, -0.25) is 14.6 Å². The summed E-state index contributed by atoms with van der Waals surface area (Å²) in [6.45, 7) is 5.21. The minimum Gasteiger partial charge on any atom is -0.497 e. The van der Waals surface area contributed by atoms with Gasteiger partial charge in [0.1, 0.15) is 5.75 Å². The third-order valence-electron chi connectivity index (χ3n) is 4.80. The maximum Gasteiger partial charge on any atom is 0.401 e. The van der Waals surface area contributed by atoms with Gasteiger partial charge in [0.25, 0.3) is 5.91 Å². The van der Waals surface area contributed by atoms with Gasteiger partial charge in [-0.1, -0.05) is 6.92 Å². The largest absolute Gasteiger partial charge is 0.497 e. The molecule has 0 aromatic heterocycles. The van der Waals surface area contributed by atoms with Crippen LogP contribution in [0, 0.1) is 0 Å². The van der Waals surface area contributed by atoms with Crippen LogP contribution in [0.4, 0.5) is 13.2 Å². The lowest BCUT2D eigenvalue weighted by Crippen LogP contribution is -2.49. The molecule has 0 N–H and O–H groups in total. The van der Waals surface area contributed by atoms with Crippen LogP contribution in [0.25, 0.3) is 0 Å². The zero-order valence-corrected chi connectivity index (χ0v) is 16.0. The molecule has 5 nitrogen and oxygen atoms in total. The van der Waals surface area contributed by atoms with Crippen molar-refractivity contribution in [1.29, 1.82) is 0 Å². The fourth-order valence-electron chi connectivity index (χ4n) is 3.21. The number of ether oxygens (including phenoxy) is 1. The average Bonchev–Trinajstić information content (AvgIpc) is 2.66. The summed E-state index contributed by atoms with van der Waals surface area (Å²) in [7, 11) is 1.58. The number of rotatable bonds is 8. The Labute approximate surface area is 158 Å². The highest BCUT2D eigenvalue weighted by Gasteiger charge is 2.30. The first kappa shape index (κ1) is 21.5. The van der Waals surface area contributed by atoms with Crippen LogP contribution < -0.4 is 4.74 Å². The Morgan fingerprint density at radius 1 is 1.15 bits per heavy atom. The Balaban J connectivity index is 1.72. The first-order valence-electron chi connectivity index (χ1n) is 9.27. The Morgan fingerprint density at radius 3 is 2.30 bits per heavy atom. The number of methoxy groups -OCH3 is 1. The molecule has 1 aliphatic rings. The first-order chi connectivity index (χ1) is 12.8. The van der Waals surface area contributed by atoms with Gasteiger partial charge in [0.15, 0.2) is 0 Å². The van der Waals surface area contributed by atoms with E-state index in [0.29, 0.717) is 43.9 Å². The molecule has 0 spiro atoms. The quantitative estimate of drug-likeness (QED) is 0.687. The fourth-order valence-corrected chi connectivity index (χ4v) is 3.21. The summed E-state index contributed by atoms with van der Waals surface area (Å²) in [6.07, 6.45) is -3.46. The van der Waals surface area contributed by atoms with Crippen molar-refractivity contribution in [2.24, 2.45) is 0 Å². The van der Waals surface area contributed by atoms with Crippen LogP contribution in [-0.2, 0) is 0 Å². The number of piperazine rings is 1. The van der Waals surface area contributed by atoms with Crippen LogP contribution in [0.3, 0.4) is 0 Å². The topological polar surface area (TPSA) is 36.0 Å². The number of benzene rings is 1. The summed E-state index contributed by atoms with van der Waals surface area (Å²) in [5.74, 6) is 0.711.